The van der Waals surface area contributed by atoms with Crippen molar-refractivity contribution in [2.75, 3.05) is 6.61 Å². The van der Waals surface area contributed by atoms with Crippen molar-refractivity contribution in [3.63, 3.8) is 0 Å². The molecule has 0 saturated heterocycles. The molecule has 0 amide bonds. The molecule has 0 N–H and O–H groups in total. The van der Waals surface area contributed by atoms with Gasteiger partial charge in [0.25, 0.3) is 5.70 Å². The van der Waals surface area contributed by atoms with Crippen LogP contribution in [0.3, 0.4) is 0 Å². The number of fused-ring (bicyclic) bond motifs is 1. The summed E-state index contributed by atoms with van der Waals surface area (Å²) in [4.78, 5) is 71.8. The van der Waals surface area contributed by atoms with E-state index in [9.17, 15) is 34.1 Å². The predicted molar refractivity (Wildman–Crippen MR) is 130 cm³/mol. The third-order valence-corrected chi connectivity index (χ3v) is 6.35. The summed E-state index contributed by atoms with van der Waals surface area (Å²) < 4.78 is 26.4. The Balaban J connectivity index is 2.71. The van der Waals surface area contributed by atoms with Gasteiger partial charge in [-0.1, -0.05) is 18.2 Å². The van der Waals surface area contributed by atoms with Gasteiger partial charge in [0.15, 0.2) is 24.4 Å². The largest absolute Gasteiger partial charge is 0.462 e. The van der Waals surface area contributed by atoms with E-state index < -0.39 is 71.0 Å². The van der Waals surface area contributed by atoms with Crippen LogP contribution in [0.15, 0.2) is 34.9 Å². The molecule has 14 heteroatoms. The molecule has 0 saturated carbocycles. The fourth-order valence-corrected chi connectivity index (χ4v) is 5.01. The topological polar surface area (TPSA) is 175 Å². The number of rotatable bonds is 11. The Morgan fingerprint density at radius 3 is 1.92 bits per heavy atom. The Kier molecular flexibility index (Phi) is 10.8. The number of nitro groups is 1. The summed E-state index contributed by atoms with van der Waals surface area (Å²) in [6, 6.07) is 6.74. The third-order valence-electron chi connectivity index (χ3n) is 4.97. The minimum atomic E-state index is -1.73. The smallest absolute Gasteiger partial charge is 0.303 e. The van der Waals surface area contributed by atoms with E-state index in [0.29, 0.717) is 10.5 Å². The monoisotopic (exact) mass is 553 g/mol. The number of nitrogens with zero attached hydrogens (tertiary/aromatic N) is 1. The van der Waals surface area contributed by atoms with Crippen molar-refractivity contribution in [1.82, 2.24) is 0 Å². The standard InChI is InChI=1S/C24H27NO12S/c1-12(26)33-11-19(34-13(2)27)21(35-14(3)28)22(36-15(4)29)23(37-16(5)30)24-18(25(31)32)10-17-8-6-7-9-20(17)38-24/h6-10,19,21-24H,11H2,1-5H3/t19-,21+,22+,23-,24+/m1/s1. The second-order valence-corrected chi connectivity index (χ2v) is 9.26. The van der Waals surface area contributed by atoms with Gasteiger partial charge in [-0.2, -0.15) is 0 Å². The first-order valence-corrected chi connectivity index (χ1v) is 12.1. The maximum absolute atomic E-state index is 12.2. The van der Waals surface area contributed by atoms with E-state index in [2.05, 4.69) is 0 Å². The van der Waals surface area contributed by atoms with Crippen LogP contribution in [0, 0.1) is 10.1 Å². The number of esters is 5. The summed E-state index contributed by atoms with van der Waals surface area (Å²) in [7, 11) is 0. The van der Waals surface area contributed by atoms with Gasteiger partial charge in [-0.15, -0.1) is 11.8 Å². The predicted octanol–water partition coefficient (Wildman–Crippen LogP) is 2.07. The third kappa shape index (κ3) is 8.57. The Labute approximate surface area is 221 Å². The van der Waals surface area contributed by atoms with Crippen LogP contribution in [-0.2, 0) is 47.7 Å². The van der Waals surface area contributed by atoms with Gasteiger partial charge in [0, 0.05) is 45.6 Å². The highest BCUT2D eigenvalue weighted by molar-refractivity contribution is 8.00. The first-order valence-electron chi connectivity index (χ1n) is 11.2. The normalized spacial score (nSPS) is 17.3. The molecule has 0 aromatic heterocycles. The molecule has 13 nitrogen and oxygen atoms in total. The van der Waals surface area contributed by atoms with Gasteiger partial charge in [0.1, 0.15) is 11.9 Å². The van der Waals surface area contributed by atoms with Crippen LogP contribution < -0.4 is 0 Å². The lowest BCUT2D eigenvalue weighted by atomic mass is 9.97. The van der Waals surface area contributed by atoms with Crippen LogP contribution >= 0.6 is 11.8 Å². The number of hydrogen-bond acceptors (Lipinski definition) is 13. The van der Waals surface area contributed by atoms with Gasteiger partial charge >= 0.3 is 29.8 Å². The van der Waals surface area contributed by atoms with E-state index in [1.165, 1.54) is 6.08 Å². The Morgan fingerprint density at radius 2 is 1.39 bits per heavy atom. The minimum Gasteiger partial charge on any atom is -0.462 e. The molecular formula is C24H27NO12S. The summed E-state index contributed by atoms with van der Waals surface area (Å²) in [5, 5.41) is 10.8. The summed E-state index contributed by atoms with van der Waals surface area (Å²) >= 11 is 0.967. The maximum Gasteiger partial charge on any atom is 0.303 e. The lowest BCUT2D eigenvalue weighted by Crippen LogP contribution is -2.56. The molecular weight excluding hydrogens is 526 g/mol. The van der Waals surface area contributed by atoms with Crippen LogP contribution in [0.4, 0.5) is 0 Å². The second kappa shape index (κ2) is 13.6. The number of thioether (sulfide) groups is 1. The number of carbonyl (C=O) groups excluding carboxylic acids is 5. The lowest BCUT2D eigenvalue weighted by molar-refractivity contribution is -0.427. The molecule has 2 rings (SSSR count). The SMILES string of the molecule is CC(=O)OC[C@@H](OC(C)=O)[C@H](OC(C)=O)[C@H](OC(C)=O)[C@@H](OC(C)=O)[C@H]1Sc2ccccc2C=C1[N+](=O)[O-]. The Hall–Kier alpha value is -3.94. The van der Waals surface area contributed by atoms with Gasteiger partial charge in [-0.3, -0.25) is 34.1 Å². The molecule has 0 radical (unpaired) electrons. The van der Waals surface area contributed by atoms with Crippen molar-refractivity contribution in [2.45, 2.75) is 69.2 Å². The zero-order valence-electron chi connectivity index (χ0n) is 21.2. The zero-order chi connectivity index (χ0) is 28.6. The van der Waals surface area contributed by atoms with E-state index >= 15 is 0 Å². The van der Waals surface area contributed by atoms with Crippen molar-refractivity contribution in [3.8, 4) is 0 Å². The molecule has 38 heavy (non-hydrogen) atoms. The van der Waals surface area contributed by atoms with Gasteiger partial charge in [-0.05, 0) is 11.6 Å². The second-order valence-electron chi connectivity index (χ2n) is 8.08. The molecule has 5 atom stereocenters. The van der Waals surface area contributed by atoms with Gasteiger partial charge in [-0.25, -0.2) is 0 Å². The van der Waals surface area contributed by atoms with Crippen LogP contribution in [-0.4, -0.2) is 71.0 Å². The van der Waals surface area contributed by atoms with E-state index in [0.717, 1.165) is 46.4 Å². The average Bonchev–Trinajstić information content (AvgIpc) is 2.81. The number of hydrogen-bond donors (Lipinski definition) is 0. The quantitative estimate of drug-likeness (QED) is 0.169. The van der Waals surface area contributed by atoms with Crippen LogP contribution in [0.25, 0.3) is 6.08 Å². The first kappa shape index (κ1) is 30.3. The summed E-state index contributed by atoms with van der Waals surface area (Å²) in [6.07, 6.45) is -5.29. The highest BCUT2D eigenvalue weighted by atomic mass is 32.2. The molecule has 0 bridgehead atoms. The van der Waals surface area contributed by atoms with Crippen molar-refractivity contribution >= 4 is 47.7 Å². The summed E-state index contributed by atoms with van der Waals surface area (Å²) in [6.45, 7) is 4.57. The summed E-state index contributed by atoms with van der Waals surface area (Å²) in [5.74, 6) is -4.36. The van der Waals surface area contributed by atoms with Crippen molar-refractivity contribution in [1.29, 1.82) is 0 Å². The number of carbonyl (C=O) groups is 5. The van der Waals surface area contributed by atoms with E-state index in [1.54, 1.807) is 24.3 Å². The molecule has 206 valence electrons. The maximum atomic E-state index is 12.2. The summed E-state index contributed by atoms with van der Waals surface area (Å²) in [5.41, 5.74) is 0.151. The molecule has 0 spiro atoms. The van der Waals surface area contributed by atoms with E-state index in [1.807, 2.05) is 0 Å². The molecule has 1 aliphatic heterocycles. The molecule has 0 aliphatic carbocycles. The first-order chi connectivity index (χ1) is 17.8. The molecule has 1 aliphatic rings. The minimum absolute atomic E-state index is 0.386. The van der Waals surface area contributed by atoms with Gasteiger partial charge in [0.2, 0.25) is 0 Å². The molecule has 0 unspecified atom stereocenters. The average molecular weight is 554 g/mol. The molecule has 0 fully saturated rings. The van der Waals surface area contributed by atoms with Crippen molar-refractivity contribution in [3.05, 3.63) is 45.6 Å². The number of benzene rings is 1. The number of ether oxygens (including phenoxy) is 5. The van der Waals surface area contributed by atoms with Gasteiger partial charge in [0.05, 0.1) is 4.92 Å². The van der Waals surface area contributed by atoms with Crippen molar-refractivity contribution in [2.24, 2.45) is 0 Å². The zero-order valence-corrected chi connectivity index (χ0v) is 22.1. The Morgan fingerprint density at radius 1 is 0.842 bits per heavy atom. The van der Waals surface area contributed by atoms with Crippen molar-refractivity contribution < 1.29 is 52.6 Å². The lowest BCUT2D eigenvalue weighted by Gasteiger charge is -2.38. The van der Waals surface area contributed by atoms with E-state index in [4.69, 9.17) is 23.7 Å². The Bertz CT molecular complexity index is 1130. The van der Waals surface area contributed by atoms with Gasteiger partial charge < -0.3 is 23.7 Å². The van der Waals surface area contributed by atoms with Crippen LogP contribution in [0.2, 0.25) is 0 Å². The van der Waals surface area contributed by atoms with Crippen LogP contribution in [0.1, 0.15) is 40.2 Å². The fourth-order valence-electron chi connectivity index (χ4n) is 3.70. The van der Waals surface area contributed by atoms with Crippen LogP contribution in [0.5, 0.6) is 0 Å². The fraction of sp³-hybridized carbons (Fsp3) is 0.458. The van der Waals surface area contributed by atoms with E-state index in [-0.39, 0.29) is 5.70 Å². The molecule has 1 aromatic carbocycles. The molecule has 1 aromatic rings. The highest BCUT2D eigenvalue weighted by Crippen LogP contribution is 2.42. The molecule has 1 heterocycles. The highest BCUT2D eigenvalue weighted by Gasteiger charge is 2.51.